The maximum absolute atomic E-state index is 12.7. The lowest BCUT2D eigenvalue weighted by atomic mass is 10.2. The Hall–Kier alpha value is -2.96. The highest BCUT2D eigenvalue weighted by atomic mass is 35.5. The third-order valence-corrected chi connectivity index (χ3v) is 5.60. The summed E-state index contributed by atoms with van der Waals surface area (Å²) in [6, 6.07) is 18.3. The number of hydrogen-bond acceptors (Lipinski definition) is 5. The van der Waals surface area contributed by atoms with E-state index in [1.807, 2.05) is 36.4 Å². The summed E-state index contributed by atoms with van der Waals surface area (Å²) in [6.07, 6.45) is 1.59. The third-order valence-electron chi connectivity index (χ3n) is 4.39. The van der Waals surface area contributed by atoms with Crippen LogP contribution in [-0.2, 0) is 11.3 Å². The molecular formula is C22H16ClNO4S. The molecule has 1 aliphatic heterocycles. The van der Waals surface area contributed by atoms with E-state index in [2.05, 4.69) is 0 Å². The van der Waals surface area contributed by atoms with Crippen LogP contribution in [0.5, 0.6) is 5.75 Å². The smallest absolute Gasteiger partial charge is 0.293 e. The summed E-state index contributed by atoms with van der Waals surface area (Å²) in [5, 5.41) is 0.184. The van der Waals surface area contributed by atoms with Gasteiger partial charge in [0.2, 0.25) is 0 Å². The zero-order valence-electron chi connectivity index (χ0n) is 15.4. The highest BCUT2D eigenvalue weighted by Gasteiger charge is 2.35. The second kappa shape index (κ2) is 8.19. The van der Waals surface area contributed by atoms with Crippen LogP contribution in [0.2, 0.25) is 5.02 Å². The van der Waals surface area contributed by atoms with Crippen LogP contribution in [-0.4, -0.2) is 23.2 Å². The fraction of sp³-hybridized carbons (Fsp3) is 0.0909. The molecule has 0 radical (unpaired) electrons. The Morgan fingerprint density at radius 2 is 1.90 bits per heavy atom. The first kappa shape index (κ1) is 19.4. The number of rotatable bonds is 5. The third kappa shape index (κ3) is 4.09. The Kier molecular flexibility index (Phi) is 5.47. The number of carbonyl (C=O) groups excluding carboxylic acids is 2. The van der Waals surface area contributed by atoms with Crippen molar-refractivity contribution in [2.75, 3.05) is 7.11 Å². The first-order valence-electron chi connectivity index (χ1n) is 8.78. The van der Waals surface area contributed by atoms with Gasteiger partial charge in [0.1, 0.15) is 17.3 Å². The molecule has 0 saturated carbocycles. The standard InChI is InChI=1S/C22H16ClNO4S/c1-27-19-9-7-15(11-17(19)23)18-10-8-16(28-18)12-20-21(25)24(22(26)29-20)13-14-5-3-2-4-6-14/h2-12H,13H2,1H3/b20-12-. The molecule has 4 rings (SSSR count). The molecule has 0 unspecified atom stereocenters. The fourth-order valence-corrected chi connectivity index (χ4v) is 4.01. The topological polar surface area (TPSA) is 59.8 Å². The first-order valence-corrected chi connectivity index (χ1v) is 9.97. The number of imide groups is 1. The van der Waals surface area contributed by atoms with Crippen LogP contribution >= 0.6 is 23.4 Å². The van der Waals surface area contributed by atoms with Crippen LogP contribution in [0.3, 0.4) is 0 Å². The first-order chi connectivity index (χ1) is 14.0. The number of ether oxygens (including phenoxy) is 1. The van der Waals surface area contributed by atoms with E-state index in [0.29, 0.717) is 27.2 Å². The molecule has 2 amide bonds. The summed E-state index contributed by atoms with van der Waals surface area (Å²) >= 11 is 7.08. The van der Waals surface area contributed by atoms with E-state index < -0.39 is 0 Å². The van der Waals surface area contributed by atoms with Crippen molar-refractivity contribution in [1.82, 2.24) is 4.90 Å². The molecule has 2 aromatic carbocycles. The minimum absolute atomic E-state index is 0.247. The number of hydrogen-bond donors (Lipinski definition) is 0. The lowest BCUT2D eigenvalue weighted by Crippen LogP contribution is -2.27. The Bertz CT molecular complexity index is 1110. The van der Waals surface area contributed by atoms with Crippen molar-refractivity contribution in [3.8, 4) is 17.1 Å². The molecule has 146 valence electrons. The number of nitrogens with zero attached hydrogens (tertiary/aromatic N) is 1. The second-order valence-electron chi connectivity index (χ2n) is 6.30. The predicted octanol–water partition coefficient (Wildman–Crippen LogP) is 5.85. The molecule has 3 aromatic rings. The molecule has 29 heavy (non-hydrogen) atoms. The summed E-state index contributed by atoms with van der Waals surface area (Å²) in [4.78, 5) is 26.5. The van der Waals surface area contributed by atoms with E-state index in [1.54, 1.807) is 37.5 Å². The minimum Gasteiger partial charge on any atom is -0.495 e. The van der Waals surface area contributed by atoms with E-state index in [0.717, 1.165) is 22.9 Å². The van der Waals surface area contributed by atoms with E-state index in [-0.39, 0.29) is 17.7 Å². The van der Waals surface area contributed by atoms with E-state index in [1.165, 1.54) is 4.90 Å². The molecule has 0 atom stereocenters. The number of methoxy groups -OCH3 is 1. The molecule has 0 N–H and O–H groups in total. The number of furan rings is 1. The van der Waals surface area contributed by atoms with E-state index in [9.17, 15) is 9.59 Å². The molecule has 0 aliphatic carbocycles. The summed E-state index contributed by atoms with van der Waals surface area (Å²) in [5.74, 6) is 1.34. The lowest BCUT2D eigenvalue weighted by molar-refractivity contribution is -0.123. The molecule has 1 saturated heterocycles. The normalized spacial score (nSPS) is 15.4. The van der Waals surface area contributed by atoms with Gasteiger partial charge in [-0.2, -0.15) is 0 Å². The van der Waals surface area contributed by atoms with E-state index in [4.69, 9.17) is 20.8 Å². The van der Waals surface area contributed by atoms with Crippen LogP contribution in [0.1, 0.15) is 11.3 Å². The molecule has 1 aliphatic rings. The summed E-state index contributed by atoms with van der Waals surface area (Å²) in [6.45, 7) is 0.247. The summed E-state index contributed by atoms with van der Waals surface area (Å²) in [5.41, 5.74) is 1.68. The van der Waals surface area contributed by atoms with Gasteiger partial charge in [0.05, 0.1) is 23.6 Å². The van der Waals surface area contributed by atoms with Gasteiger partial charge < -0.3 is 9.15 Å². The van der Waals surface area contributed by atoms with Crippen LogP contribution < -0.4 is 4.74 Å². The van der Waals surface area contributed by atoms with Crippen molar-refractivity contribution in [2.45, 2.75) is 6.54 Å². The van der Waals surface area contributed by atoms with Gasteiger partial charge in [0.25, 0.3) is 11.1 Å². The number of benzene rings is 2. The summed E-state index contributed by atoms with van der Waals surface area (Å²) < 4.78 is 11.0. The van der Waals surface area contributed by atoms with Crippen molar-refractivity contribution >= 4 is 40.6 Å². The second-order valence-corrected chi connectivity index (χ2v) is 7.71. The quantitative estimate of drug-likeness (QED) is 0.480. The van der Waals surface area contributed by atoms with Gasteiger partial charge in [-0.05, 0) is 47.7 Å². The molecule has 1 aromatic heterocycles. The fourth-order valence-electron chi connectivity index (χ4n) is 2.94. The van der Waals surface area contributed by atoms with Crippen molar-refractivity contribution in [3.63, 3.8) is 0 Å². The van der Waals surface area contributed by atoms with Crippen molar-refractivity contribution in [2.24, 2.45) is 0 Å². The average Bonchev–Trinajstić information content (AvgIpc) is 3.29. The van der Waals surface area contributed by atoms with Crippen LogP contribution in [0.15, 0.2) is 70.0 Å². The zero-order chi connectivity index (χ0) is 20.4. The minimum atomic E-state index is -0.325. The van der Waals surface area contributed by atoms with E-state index >= 15 is 0 Å². The van der Waals surface area contributed by atoms with Gasteiger partial charge in [-0.3, -0.25) is 14.5 Å². The predicted molar refractivity (Wildman–Crippen MR) is 114 cm³/mol. The largest absolute Gasteiger partial charge is 0.495 e. The SMILES string of the molecule is COc1ccc(-c2ccc(/C=C3\SC(=O)N(Cc4ccccc4)C3=O)o2)cc1Cl. The number of carbonyl (C=O) groups is 2. The van der Waals surface area contributed by atoms with Crippen LogP contribution in [0.4, 0.5) is 4.79 Å². The Balaban J connectivity index is 1.54. The van der Waals surface area contributed by atoms with Crippen molar-refractivity contribution < 1.29 is 18.7 Å². The molecule has 0 bridgehead atoms. The maximum Gasteiger partial charge on any atom is 0.293 e. The molecular weight excluding hydrogens is 410 g/mol. The van der Waals surface area contributed by atoms with Crippen LogP contribution in [0, 0.1) is 0 Å². The lowest BCUT2D eigenvalue weighted by Gasteiger charge is -2.11. The van der Waals surface area contributed by atoms with Gasteiger partial charge >= 0.3 is 0 Å². The number of thioether (sulfide) groups is 1. The van der Waals surface area contributed by atoms with Gasteiger partial charge in [0, 0.05) is 11.6 Å². The van der Waals surface area contributed by atoms with Gasteiger partial charge in [-0.15, -0.1) is 0 Å². The zero-order valence-corrected chi connectivity index (χ0v) is 17.0. The number of halogens is 1. The molecule has 5 nitrogen and oxygen atoms in total. The maximum atomic E-state index is 12.7. The van der Waals surface area contributed by atoms with Crippen LogP contribution in [0.25, 0.3) is 17.4 Å². The average molecular weight is 426 g/mol. The highest BCUT2D eigenvalue weighted by molar-refractivity contribution is 8.18. The van der Waals surface area contributed by atoms with Gasteiger partial charge in [-0.1, -0.05) is 41.9 Å². The van der Waals surface area contributed by atoms with Crippen molar-refractivity contribution in [1.29, 1.82) is 0 Å². The highest BCUT2D eigenvalue weighted by Crippen LogP contribution is 2.35. The Morgan fingerprint density at radius 3 is 2.62 bits per heavy atom. The number of amides is 2. The molecule has 0 spiro atoms. The Morgan fingerprint density at radius 1 is 1.10 bits per heavy atom. The van der Waals surface area contributed by atoms with Gasteiger partial charge in [0.15, 0.2) is 0 Å². The van der Waals surface area contributed by atoms with Gasteiger partial charge in [-0.25, -0.2) is 0 Å². The summed E-state index contributed by atoms with van der Waals surface area (Å²) in [7, 11) is 1.55. The molecule has 1 fully saturated rings. The molecule has 7 heteroatoms. The van der Waals surface area contributed by atoms with Crippen molar-refractivity contribution in [3.05, 3.63) is 81.9 Å². The monoisotopic (exact) mass is 425 g/mol. The Labute approximate surface area is 176 Å². The molecule has 2 heterocycles.